The number of rotatable bonds is 6. The van der Waals surface area contributed by atoms with Crippen molar-refractivity contribution < 1.29 is 4.39 Å². The Kier molecular flexibility index (Phi) is 5.12. The van der Waals surface area contributed by atoms with Crippen LogP contribution >= 0.6 is 0 Å². The van der Waals surface area contributed by atoms with Crippen molar-refractivity contribution in [3.63, 3.8) is 0 Å². The first-order valence-corrected chi connectivity index (χ1v) is 7.54. The van der Waals surface area contributed by atoms with Gasteiger partial charge in [-0.05, 0) is 56.6 Å². The lowest BCUT2D eigenvalue weighted by Gasteiger charge is -2.19. The van der Waals surface area contributed by atoms with Crippen LogP contribution in [0.2, 0.25) is 0 Å². The third-order valence-electron chi connectivity index (χ3n) is 3.67. The van der Waals surface area contributed by atoms with Gasteiger partial charge in [0.1, 0.15) is 5.82 Å². The van der Waals surface area contributed by atoms with Crippen molar-refractivity contribution in [2.24, 2.45) is 0 Å². The highest BCUT2D eigenvalue weighted by Gasteiger charge is 2.16. The van der Waals surface area contributed by atoms with Crippen molar-refractivity contribution >= 4 is 0 Å². The number of aromatic nitrogens is 2. The molecule has 0 spiro atoms. The van der Waals surface area contributed by atoms with E-state index < -0.39 is 0 Å². The van der Waals surface area contributed by atoms with Crippen molar-refractivity contribution in [3.8, 4) is 0 Å². The van der Waals surface area contributed by atoms with E-state index in [0.29, 0.717) is 6.04 Å². The second-order valence-electron chi connectivity index (χ2n) is 5.70. The molecule has 0 aliphatic heterocycles. The second kappa shape index (κ2) is 6.85. The van der Waals surface area contributed by atoms with Gasteiger partial charge in [0.15, 0.2) is 0 Å². The van der Waals surface area contributed by atoms with E-state index >= 15 is 0 Å². The summed E-state index contributed by atoms with van der Waals surface area (Å²) < 4.78 is 15.5. The Labute approximate surface area is 126 Å². The molecule has 21 heavy (non-hydrogen) atoms. The van der Waals surface area contributed by atoms with Gasteiger partial charge in [0, 0.05) is 24.7 Å². The van der Waals surface area contributed by atoms with Crippen LogP contribution in [-0.4, -0.2) is 16.3 Å². The number of nitrogens with one attached hydrogen (secondary N) is 1. The number of likely N-dealkylation sites (N-methyl/N-ethyl adjacent to an activating group) is 1. The molecule has 4 heteroatoms. The molecule has 0 fully saturated rings. The van der Waals surface area contributed by atoms with Crippen LogP contribution in [-0.2, 0) is 6.42 Å². The minimum Gasteiger partial charge on any atom is -0.310 e. The standard InChI is InChI=1S/C17H24FN3/c1-5-19-17(16-10-14(18)7-6-13(16)4)11-15-8-9-21(20-15)12(2)3/h6-10,12,17,19H,5,11H2,1-4H3. The average molecular weight is 289 g/mol. The summed E-state index contributed by atoms with van der Waals surface area (Å²) in [6, 6.07) is 7.45. The molecule has 0 saturated heterocycles. The van der Waals surface area contributed by atoms with E-state index in [1.54, 1.807) is 6.07 Å². The maximum Gasteiger partial charge on any atom is 0.123 e. The second-order valence-corrected chi connectivity index (χ2v) is 5.70. The van der Waals surface area contributed by atoms with Gasteiger partial charge in [-0.15, -0.1) is 0 Å². The van der Waals surface area contributed by atoms with Crippen molar-refractivity contribution in [1.29, 1.82) is 0 Å². The monoisotopic (exact) mass is 289 g/mol. The van der Waals surface area contributed by atoms with Crippen molar-refractivity contribution in [3.05, 3.63) is 53.1 Å². The zero-order valence-electron chi connectivity index (χ0n) is 13.2. The van der Waals surface area contributed by atoms with E-state index in [-0.39, 0.29) is 11.9 Å². The predicted octanol–water partition coefficient (Wildman–Crippen LogP) is 3.80. The van der Waals surface area contributed by atoms with E-state index in [1.165, 1.54) is 6.07 Å². The van der Waals surface area contributed by atoms with Gasteiger partial charge >= 0.3 is 0 Å². The highest BCUT2D eigenvalue weighted by molar-refractivity contribution is 5.30. The van der Waals surface area contributed by atoms with Gasteiger partial charge in [-0.1, -0.05) is 13.0 Å². The smallest absolute Gasteiger partial charge is 0.123 e. The molecule has 1 N–H and O–H groups in total. The summed E-state index contributed by atoms with van der Waals surface area (Å²) in [6.45, 7) is 9.14. The third-order valence-corrected chi connectivity index (χ3v) is 3.67. The molecule has 0 radical (unpaired) electrons. The molecule has 3 nitrogen and oxygen atoms in total. The molecule has 2 aromatic rings. The summed E-state index contributed by atoms with van der Waals surface area (Å²) in [5.41, 5.74) is 3.14. The first-order chi connectivity index (χ1) is 10.0. The molecule has 0 saturated carbocycles. The fraction of sp³-hybridized carbons (Fsp3) is 0.471. The molecule has 1 unspecified atom stereocenters. The van der Waals surface area contributed by atoms with E-state index in [0.717, 1.165) is 29.8 Å². The molecule has 1 heterocycles. The van der Waals surface area contributed by atoms with E-state index in [4.69, 9.17) is 0 Å². The number of hydrogen-bond donors (Lipinski definition) is 1. The first-order valence-electron chi connectivity index (χ1n) is 7.54. The Morgan fingerprint density at radius 3 is 2.67 bits per heavy atom. The van der Waals surface area contributed by atoms with E-state index in [2.05, 4.69) is 31.2 Å². The van der Waals surface area contributed by atoms with Crippen LogP contribution in [0.5, 0.6) is 0 Å². The van der Waals surface area contributed by atoms with Crippen LogP contribution < -0.4 is 5.32 Å². The predicted molar refractivity (Wildman–Crippen MR) is 83.9 cm³/mol. The third kappa shape index (κ3) is 3.91. The van der Waals surface area contributed by atoms with Crippen LogP contribution in [0.1, 0.15) is 49.7 Å². The van der Waals surface area contributed by atoms with Crippen LogP contribution in [0, 0.1) is 12.7 Å². The molecule has 1 atom stereocenters. The Hall–Kier alpha value is -1.68. The Morgan fingerprint density at radius 2 is 2.05 bits per heavy atom. The van der Waals surface area contributed by atoms with Gasteiger partial charge in [0.25, 0.3) is 0 Å². The molecule has 114 valence electrons. The summed E-state index contributed by atoms with van der Waals surface area (Å²) in [4.78, 5) is 0. The average Bonchev–Trinajstić information content (AvgIpc) is 2.90. The summed E-state index contributed by atoms with van der Waals surface area (Å²) in [5.74, 6) is -0.189. The summed E-state index contributed by atoms with van der Waals surface area (Å²) in [6.07, 6.45) is 2.76. The molecule has 1 aromatic carbocycles. The lowest BCUT2D eigenvalue weighted by atomic mass is 9.97. The van der Waals surface area contributed by atoms with Crippen molar-refractivity contribution in [2.75, 3.05) is 6.54 Å². The highest BCUT2D eigenvalue weighted by atomic mass is 19.1. The van der Waals surface area contributed by atoms with Gasteiger partial charge in [-0.3, -0.25) is 4.68 Å². The number of nitrogens with zero attached hydrogens (tertiary/aromatic N) is 2. The number of aryl methyl sites for hydroxylation is 1. The first kappa shape index (κ1) is 15.7. The molecule has 0 bridgehead atoms. The summed E-state index contributed by atoms with van der Waals surface area (Å²) in [7, 11) is 0. The molecule has 0 aliphatic rings. The SMILES string of the molecule is CCNC(Cc1ccn(C(C)C)n1)c1cc(F)ccc1C. The zero-order chi connectivity index (χ0) is 15.4. The van der Waals surface area contributed by atoms with Crippen LogP contribution in [0.3, 0.4) is 0 Å². The van der Waals surface area contributed by atoms with Gasteiger partial charge in [0.05, 0.1) is 5.69 Å². The van der Waals surface area contributed by atoms with Gasteiger partial charge < -0.3 is 5.32 Å². The zero-order valence-corrected chi connectivity index (χ0v) is 13.2. The molecular formula is C17H24FN3. The van der Waals surface area contributed by atoms with Gasteiger partial charge in [0.2, 0.25) is 0 Å². The largest absolute Gasteiger partial charge is 0.310 e. The molecular weight excluding hydrogens is 265 g/mol. The maximum atomic E-state index is 13.5. The minimum absolute atomic E-state index is 0.0845. The molecule has 0 aliphatic carbocycles. The molecule has 0 amide bonds. The van der Waals surface area contributed by atoms with Crippen LogP contribution in [0.4, 0.5) is 4.39 Å². The summed E-state index contributed by atoms with van der Waals surface area (Å²) in [5, 5.41) is 8.03. The maximum absolute atomic E-state index is 13.5. The minimum atomic E-state index is -0.189. The van der Waals surface area contributed by atoms with Crippen LogP contribution in [0.15, 0.2) is 30.5 Å². The van der Waals surface area contributed by atoms with Crippen molar-refractivity contribution in [1.82, 2.24) is 15.1 Å². The Bertz CT molecular complexity index is 589. The Balaban J connectivity index is 2.23. The lowest BCUT2D eigenvalue weighted by molar-refractivity contribution is 0.504. The van der Waals surface area contributed by atoms with Crippen molar-refractivity contribution in [2.45, 2.75) is 46.2 Å². The van der Waals surface area contributed by atoms with E-state index in [9.17, 15) is 4.39 Å². The summed E-state index contributed by atoms with van der Waals surface area (Å²) >= 11 is 0. The number of halogens is 1. The molecule has 1 aromatic heterocycles. The normalized spacial score (nSPS) is 12.9. The lowest BCUT2D eigenvalue weighted by Crippen LogP contribution is -2.24. The van der Waals surface area contributed by atoms with Gasteiger partial charge in [-0.25, -0.2) is 4.39 Å². The topological polar surface area (TPSA) is 29.9 Å². The fourth-order valence-corrected chi connectivity index (χ4v) is 2.51. The quantitative estimate of drug-likeness (QED) is 0.876. The van der Waals surface area contributed by atoms with E-state index in [1.807, 2.05) is 29.9 Å². The number of benzene rings is 1. The van der Waals surface area contributed by atoms with Crippen LogP contribution in [0.25, 0.3) is 0 Å². The number of hydrogen-bond acceptors (Lipinski definition) is 2. The van der Waals surface area contributed by atoms with Gasteiger partial charge in [-0.2, -0.15) is 5.10 Å². The Morgan fingerprint density at radius 1 is 1.29 bits per heavy atom. The molecule has 2 rings (SSSR count). The fourth-order valence-electron chi connectivity index (χ4n) is 2.51. The highest BCUT2D eigenvalue weighted by Crippen LogP contribution is 2.22.